The SMILES string of the molecule is COc1ccc(CNC(C)c2ccccc2)cc1-c1csc2ccccc12. The summed E-state index contributed by atoms with van der Waals surface area (Å²) in [5.74, 6) is 0.915. The lowest BCUT2D eigenvalue weighted by Crippen LogP contribution is -2.18. The molecular weight excluding hydrogens is 350 g/mol. The van der Waals surface area contributed by atoms with Crippen LogP contribution in [0.4, 0.5) is 0 Å². The summed E-state index contributed by atoms with van der Waals surface area (Å²) >= 11 is 1.78. The maximum absolute atomic E-state index is 5.65. The van der Waals surface area contributed by atoms with Crippen molar-refractivity contribution in [1.82, 2.24) is 5.32 Å². The van der Waals surface area contributed by atoms with E-state index in [1.54, 1.807) is 18.4 Å². The van der Waals surface area contributed by atoms with Gasteiger partial charge >= 0.3 is 0 Å². The molecule has 0 fully saturated rings. The number of hydrogen-bond acceptors (Lipinski definition) is 3. The van der Waals surface area contributed by atoms with Gasteiger partial charge in [0.2, 0.25) is 0 Å². The van der Waals surface area contributed by atoms with Gasteiger partial charge in [0, 0.05) is 33.8 Å². The summed E-state index contributed by atoms with van der Waals surface area (Å²) in [5.41, 5.74) is 4.95. The van der Waals surface area contributed by atoms with Gasteiger partial charge in [-0.25, -0.2) is 0 Å². The van der Waals surface area contributed by atoms with Gasteiger partial charge in [-0.3, -0.25) is 0 Å². The first-order valence-electron chi connectivity index (χ1n) is 9.18. The Balaban J connectivity index is 1.61. The third kappa shape index (κ3) is 3.75. The van der Waals surface area contributed by atoms with Crippen LogP contribution in [0.15, 0.2) is 78.2 Å². The number of benzene rings is 3. The highest BCUT2D eigenvalue weighted by Gasteiger charge is 2.12. The standard InChI is InChI=1S/C24H23NOS/c1-17(19-8-4-3-5-9-19)25-15-18-12-13-23(26-2)21(14-18)22-16-27-24-11-7-6-10-20(22)24/h3-14,16-17,25H,15H2,1-2H3. The number of ether oxygens (including phenoxy) is 1. The van der Waals surface area contributed by atoms with Gasteiger partial charge in [-0.2, -0.15) is 0 Å². The topological polar surface area (TPSA) is 21.3 Å². The Morgan fingerprint density at radius 3 is 2.52 bits per heavy atom. The van der Waals surface area contributed by atoms with E-state index in [1.807, 2.05) is 0 Å². The molecule has 3 aromatic carbocycles. The molecular formula is C24H23NOS. The number of rotatable bonds is 6. The maximum atomic E-state index is 5.65. The molecule has 0 radical (unpaired) electrons. The van der Waals surface area contributed by atoms with Crippen molar-refractivity contribution in [3.05, 3.63) is 89.3 Å². The highest BCUT2D eigenvalue weighted by Crippen LogP contribution is 2.39. The largest absolute Gasteiger partial charge is 0.496 e. The van der Waals surface area contributed by atoms with Gasteiger partial charge in [-0.1, -0.05) is 54.6 Å². The van der Waals surface area contributed by atoms with E-state index in [2.05, 4.69) is 90.4 Å². The molecule has 1 N–H and O–H groups in total. The zero-order valence-electron chi connectivity index (χ0n) is 15.6. The predicted molar refractivity (Wildman–Crippen MR) is 116 cm³/mol. The monoisotopic (exact) mass is 373 g/mol. The second-order valence-corrected chi connectivity index (χ2v) is 7.60. The molecule has 27 heavy (non-hydrogen) atoms. The van der Waals surface area contributed by atoms with Crippen LogP contribution in [0.1, 0.15) is 24.1 Å². The molecule has 3 heteroatoms. The molecule has 0 aliphatic carbocycles. The quantitative estimate of drug-likeness (QED) is 0.420. The number of fused-ring (bicyclic) bond motifs is 1. The van der Waals surface area contributed by atoms with Crippen LogP contribution in [-0.4, -0.2) is 7.11 Å². The molecule has 136 valence electrons. The fourth-order valence-corrected chi connectivity index (χ4v) is 4.35. The third-order valence-corrected chi connectivity index (χ3v) is 5.91. The lowest BCUT2D eigenvalue weighted by Gasteiger charge is -2.16. The van der Waals surface area contributed by atoms with E-state index < -0.39 is 0 Å². The number of thiophene rings is 1. The van der Waals surface area contributed by atoms with Crippen molar-refractivity contribution in [1.29, 1.82) is 0 Å². The van der Waals surface area contributed by atoms with E-state index in [9.17, 15) is 0 Å². The molecule has 0 aliphatic rings. The Labute approximate surface area is 164 Å². The average Bonchev–Trinajstić information content (AvgIpc) is 3.16. The Morgan fingerprint density at radius 1 is 0.926 bits per heavy atom. The minimum absolute atomic E-state index is 0.304. The summed E-state index contributed by atoms with van der Waals surface area (Å²) in [5, 5.41) is 7.13. The molecule has 0 amide bonds. The summed E-state index contributed by atoms with van der Waals surface area (Å²) < 4.78 is 6.95. The maximum Gasteiger partial charge on any atom is 0.126 e. The molecule has 0 bridgehead atoms. The van der Waals surface area contributed by atoms with Crippen LogP contribution in [0.5, 0.6) is 5.75 Å². The molecule has 4 rings (SSSR count). The number of hydrogen-bond donors (Lipinski definition) is 1. The van der Waals surface area contributed by atoms with Gasteiger partial charge in [-0.15, -0.1) is 11.3 Å². The predicted octanol–water partition coefficient (Wildman–Crippen LogP) is 6.43. The van der Waals surface area contributed by atoms with Gasteiger partial charge in [0.15, 0.2) is 0 Å². The highest BCUT2D eigenvalue weighted by molar-refractivity contribution is 7.17. The molecule has 1 unspecified atom stereocenters. The van der Waals surface area contributed by atoms with Crippen LogP contribution in [0.25, 0.3) is 21.2 Å². The first-order valence-corrected chi connectivity index (χ1v) is 10.1. The van der Waals surface area contributed by atoms with E-state index in [0.717, 1.165) is 17.9 Å². The summed E-state index contributed by atoms with van der Waals surface area (Å²) in [6.07, 6.45) is 0. The first kappa shape index (κ1) is 17.8. The summed E-state index contributed by atoms with van der Waals surface area (Å²) in [6, 6.07) is 25.8. The minimum atomic E-state index is 0.304. The van der Waals surface area contributed by atoms with Gasteiger partial charge in [-0.05, 0) is 41.6 Å². The van der Waals surface area contributed by atoms with Crippen LogP contribution in [0.2, 0.25) is 0 Å². The normalized spacial score (nSPS) is 12.2. The number of methoxy groups -OCH3 is 1. The molecule has 0 saturated carbocycles. The van der Waals surface area contributed by atoms with Crippen molar-refractivity contribution in [2.75, 3.05) is 7.11 Å². The van der Waals surface area contributed by atoms with E-state index in [4.69, 9.17) is 4.74 Å². The van der Waals surface area contributed by atoms with Crippen LogP contribution in [-0.2, 0) is 6.54 Å². The Hall–Kier alpha value is -2.62. The summed E-state index contributed by atoms with van der Waals surface area (Å²) in [4.78, 5) is 0. The van der Waals surface area contributed by atoms with Gasteiger partial charge in [0.25, 0.3) is 0 Å². The molecule has 0 aliphatic heterocycles. The lowest BCUT2D eigenvalue weighted by molar-refractivity contribution is 0.416. The second-order valence-electron chi connectivity index (χ2n) is 6.69. The van der Waals surface area contributed by atoms with Crippen LogP contribution < -0.4 is 10.1 Å². The molecule has 4 aromatic rings. The minimum Gasteiger partial charge on any atom is -0.496 e. The second kappa shape index (κ2) is 7.95. The summed E-state index contributed by atoms with van der Waals surface area (Å²) in [7, 11) is 1.74. The molecule has 1 heterocycles. The van der Waals surface area contributed by atoms with E-state index in [0.29, 0.717) is 6.04 Å². The fraction of sp³-hybridized carbons (Fsp3) is 0.167. The highest BCUT2D eigenvalue weighted by atomic mass is 32.1. The fourth-order valence-electron chi connectivity index (χ4n) is 3.39. The summed E-state index contributed by atoms with van der Waals surface area (Å²) in [6.45, 7) is 3.02. The number of nitrogens with one attached hydrogen (secondary N) is 1. The smallest absolute Gasteiger partial charge is 0.126 e. The van der Waals surface area contributed by atoms with Crippen molar-refractivity contribution in [3.63, 3.8) is 0 Å². The van der Waals surface area contributed by atoms with Crippen LogP contribution in [0, 0.1) is 0 Å². The van der Waals surface area contributed by atoms with Crippen LogP contribution >= 0.6 is 11.3 Å². The molecule has 0 spiro atoms. The molecule has 1 aromatic heterocycles. The van der Waals surface area contributed by atoms with E-state index in [1.165, 1.54) is 26.8 Å². The van der Waals surface area contributed by atoms with Crippen molar-refractivity contribution in [3.8, 4) is 16.9 Å². The molecule has 1 atom stereocenters. The van der Waals surface area contributed by atoms with Crippen molar-refractivity contribution >= 4 is 21.4 Å². The zero-order valence-corrected chi connectivity index (χ0v) is 16.4. The lowest BCUT2D eigenvalue weighted by atomic mass is 10.0. The Kier molecular flexibility index (Phi) is 5.23. The first-order chi connectivity index (χ1) is 13.3. The van der Waals surface area contributed by atoms with E-state index in [-0.39, 0.29) is 0 Å². The Bertz CT molecular complexity index is 1040. The van der Waals surface area contributed by atoms with Crippen LogP contribution in [0.3, 0.4) is 0 Å². The Morgan fingerprint density at radius 2 is 1.70 bits per heavy atom. The van der Waals surface area contributed by atoms with Gasteiger partial charge in [0.1, 0.15) is 5.75 Å². The van der Waals surface area contributed by atoms with Crippen molar-refractivity contribution in [2.45, 2.75) is 19.5 Å². The molecule has 0 saturated heterocycles. The van der Waals surface area contributed by atoms with E-state index >= 15 is 0 Å². The van der Waals surface area contributed by atoms with Gasteiger partial charge < -0.3 is 10.1 Å². The zero-order chi connectivity index (χ0) is 18.6. The van der Waals surface area contributed by atoms with Crippen molar-refractivity contribution in [2.24, 2.45) is 0 Å². The average molecular weight is 374 g/mol. The van der Waals surface area contributed by atoms with Crippen molar-refractivity contribution < 1.29 is 4.74 Å². The van der Waals surface area contributed by atoms with Gasteiger partial charge in [0.05, 0.1) is 7.11 Å². The molecule has 2 nitrogen and oxygen atoms in total. The third-order valence-electron chi connectivity index (χ3n) is 4.95.